The van der Waals surface area contributed by atoms with Gasteiger partial charge in [-0.05, 0) is 18.2 Å². The van der Waals surface area contributed by atoms with Gasteiger partial charge in [-0.1, -0.05) is 11.6 Å². The second kappa shape index (κ2) is 3.82. The van der Waals surface area contributed by atoms with Gasteiger partial charge in [0.15, 0.2) is 0 Å². The molecule has 0 saturated carbocycles. The van der Waals surface area contributed by atoms with Gasteiger partial charge in [0.05, 0.1) is 18.4 Å². The number of nitrogens with zero attached hydrogens (tertiary/aromatic N) is 3. The molecule has 0 bridgehead atoms. The summed E-state index contributed by atoms with van der Waals surface area (Å²) in [6.45, 7) is 0.518. The van der Waals surface area contributed by atoms with Crippen molar-refractivity contribution in [2.45, 2.75) is 6.54 Å². The SMILES string of the molecule is O=C1c2cc(Cl)ncc2CN1c1cccnc1. The second-order valence-electron chi connectivity index (χ2n) is 3.77. The highest BCUT2D eigenvalue weighted by Gasteiger charge is 2.29. The van der Waals surface area contributed by atoms with E-state index in [4.69, 9.17) is 11.6 Å². The first-order valence-corrected chi connectivity index (χ1v) is 5.50. The first-order chi connectivity index (χ1) is 8.25. The zero-order chi connectivity index (χ0) is 11.8. The van der Waals surface area contributed by atoms with Gasteiger partial charge < -0.3 is 4.90 Å². The largest absolute Gasteiger partial charge is 0.302 e. The normalized spacial score (nSPS) is 13.9. The Morgan fingerprint density at radius 1 is 1.35 bits per heavy atom. The Morgan fingerprint density at radius 2 is 2.24 bits per heavy atom. The number of fused-ring (bicyclic) bond motifs is 1. The standard InChI is InChI=1S/C12H8ClN3O/c13-11-4-10-8(5-15-11)7-16(12(10)17)9-2-1-3-14-6-9/h1-6H,7H2. The molecule has 4 nitrogen and oxygen atoms in total. The van der Waals surface area contributed by atoms with E-state index < -0.39 is 0 Å². The highest BCUT2D eigenvalue weighted by Crippen LogP contribution is 2.28. The average molecular weight is 246 g/mol. The summed E-state index contributed by atoms with van der Waals surface area (Å²) < 4.78 is 0. The molecule has 0 atom stereocenters. The summed E-state index contributed by atoms with van der Waals surface area (Å²) in [7, 11) is 0. The van der Waals surface area contributed by atoms with Crippen LogP contribution in [0.4, 0.5) is 5.69 Å². The van der Waals surface area contributed by atoms with Crippen LogP contribution in [0.3, 0.4) is 0 Å². The van der Waals surface area contributed by atoms with Crippen molar-refractivity contribution in [3.05, 3.63) is 53.1 Å². The molecule has 3 rings (SSSR count). The Bertz CT molecular complexity index is 586. The smallest absolute Gasteiger partial charge is 0.259 e. The quantitative estimate of drug-likeness (QED) is 0.724. The Labute approximate surface area is 103 Å². The summed E-state index contributed by atoms with van der Waals surface area (Å²) in [5, 5.41) is 0.338. The topological polar surface area (TPSA) is 46.1 Å². The zero-order valence-corrected chi connectivity index (χ0v) is 9.55. The Morgan fingerprint density at radius 3 is 3.00 bits per heavy atom. The third-order valence-electron chi connectivity index (χ3n) is 2.71. The summed E-state index contributed by atoms with van der Waals surface area (Å²) in [6, 6.07) is 5.26. The number of carbonyl (C=O) groups is 1. The predicted molar refractivity (Wildman–Crippen MR) is 64.0 cm³/mol. The number of pyridine rings is 2. The predicted octanol–water partition coefficient (Wildman–Crippen LogP) is 2.29. The van der Waals surface area contributed by atoms with Crippen LogP contribution in [0.15, 0.2) is 36.8 Å². The van der Waals surface area contributed by atoms with Gasteiger partial charge >= 0.3 is 0 Å². The van der Waals surface area contributed by atoms with Crippen molar-refractivity contribution >= 4 is 23.2 Å². The maximum atomic E-state index is 12.2. The molecule has 0 N–H and O–H groups in total. The van der Waals surface area contributed by atoms with Crippen LogP contribution in [-0.2, 0) is 6.54 Å². The molecule has 0 aliphatic carbocycles. The van der Waals surface area contributed by atoms with E-state index in [-0.39, 0.29) is 5.91 Å². The highest BCUT2D eigenvalue weighted by atomic mass is 35.5. The molecular formula is C12H8ClN3O. The maximum Gasteiger partial charge on any atom is 0.259 e. The molecule has 84 valence electrons. The lowest BCUT2D eigenvalue weighted by Gasteiger charge is -2.14. The highest BCUT2D eigenvalue weighted by molar-refractivity contribution is 6.30. The fraction of sp³-hybridized carbons (Fsp3) is 0.0833. The van der Waals surface area contributed by atoms with Crippen LogP contribution in [0.5, 0.6) is 0 Å². The van der Waals surface area contributed by atoms with Gasteiger partial charge in [0, 0.05) is 23.5 Å². The van der Waals surface area contributed by atoms with Crippen LogP contribution in [0.1, 0.15) is 15.9 Å². The molecule has 0 aromatic carbocycles. The number of anilines is 1. The minimum absolute atomic E-state index is 0.0581. The third kappa shape index (κ3) is 1.66. The molecule has 0 unspecified atom stereocenters. The van der Waals surface area contributed by atoms with E-state index in [1.165, 1.54) is 0 Å². The lowest BCUT2D eigenvalue weighted by molar-refractivity contribution is 0.0996. The molecule has 17 heavy (non-hydrogen) atoms. The summed E-state index contributed by atoms with van der Waals surface area (Å²) in [6.07, 6.45) is 4.99. The Kier molecular flexibility index (Phi) is 2.30. The lowest BCUT2D eigenvalue weighted by Crippen LogP contribution is -2.22. The van der Waals surface area contributed by atoms with Crippen molar-refractivity contribution in [2.24, 2.45) is 0 Å². The maximum absolute atomic E-state index is 12.2. The van der Waals surface area contributed by atoms with Crippen LogP contribution in [-0.4, -0.2) is 15.9 Å². The Balaban J connectivity index is 2.02. The lowest BCUT2D eigenvalue weighted by atomic mass is 10.2. The summed E-state index contributed by atoms with van der Waals surface area (Å²) in [5.41, 5.74) is 2.29. The van der Waals surface area contributed by atoms with E-state index in [2.05, 4.69) is 9.97 Å². The number of hydrogen-bond donors (Lipinski definition) is 0. The van der Waals surface area contributed by atoms with Crippen molar-refractivity contribution in [1.82, 2.24) is 9.97 Å². The first kappa shape index (κ1) is 10.2. The molecule has 0 saturated heterocycles. The number of rotatable bonds is 1. The minimum Gasteiger partial charge on any atom is -0.302 e. The molecule has 2 aromatic rings. The first-order valence-electron chi connectivity index (χ1n) is 5.12. The Hall–Kier alpha value is -1.94. The van der Waals surface area contributed by atoms with Crippen LogP contribution < -0.4 is 4.90 Å². The second-order valence-corrected chi connectivity index (χ2v) is 4.15. The molecule has 2 aromatic heterocycles. The summed E-state index contributed by atoms with van der Waals surface area (Å²) in [5.74, 6) is -0.0581. The van der Waals surface area contributed by atoms with E-state index in [0.717, 1.165) is 11.3 Å². The van der Waals surface area contributed by atoms with E-state index in [9.17, 15) is 4.79 Å². The molecular weight excluding hydrogens is 238 g/mol. The molecule has 0 spiro atoms. The van der Waals surface area contributed by atoms with E-state index in [0.29, 0.717) is 17.3 Å². The molecule has 5 heteroatoms. The molecule has 1 aliphatic heterocycles. The number of carbonyl (C=O) groups excluding carboxylic acids is 1. The molecule has 1 aliphatic rings. The summed E-state index contributed by atoms with van der Waals surface area (Å²) in [4.78, 5) is 21.8. The van der Waals surface area contributed by atoms with E-state index >= 15 is 0 Å². The van der Waals surface area contributed by atoms with Crippen molar-refractivity contribution in [2.75, 3.05) is 4.90 Å². The van der Waals surface area contributed by atoms with E-state index in [1.54, 1.807) is 35.6 Å². The van der Waals surface area contributed by atoms with Crippen LogP contribution >= 0.6 is 11.6 Å². The van der Waals surface area contributed by atoms with Crippen LogP contribution in [0.25, 0.3) is 0 Å². The van der Waals surface area contributed by atoms with Gasteiger partial charge in [-0.25, -0.2) is 4.98 Å². The van der Waals surface area contributed by atoms with Crippen molar-refractivity contribution < 1.29 is 4.79 Å². The molecule has 0 radical (unpaired) electrons. The minimum atomic E-state index is -0.0581. The van der Waals surface area contributed by atoms with Gasteiger partial charge in [0.25, 0.3) is 5.91 Å². The number of halogens is 1. The average Bonchev–Trinajstić information content (AvgIpc) is 2.68. The van der Waals surface area contributed by atoms with Crippen molar-refractivity contribution in [3.8, 4) is 0 Å². The van der Waals surface area contributed by atoms with Gasteiger partial charge in [0.1, 0.15) is 5.15 Å². The summed E-state index contributed by atoms with van der Waals surface area (Å²) >= 11 is 5.79. The monoisotopic (exact) mass is 245 g/mol. The fourth-order valence-corrected chi connectivity index (χ4v) is 2.05. The molecule has 1 amide bonds. The third-order valence-corrected chi connectivity index (χ3v) is 2.92. The van der Waals surface area contributed by atoms with Crippen molar-refractivity contribution in [1.29, 1.82) is 0 Å². The zero-order valence-electron chi connectivity index (χ0n) is 8.80. The number of aromatic nitrogens is 2. The van der Waals surface area contributed by atoms with Crippen molar-refractivity contribution in [3.63, 3.8) is 0 Å². The van der Waals surface area contributed by atoms with Crippen LogP contribution in [0.2, 0.25) is 5.15 Å². The molecule has 3 heterocycles. The van der Waals surface area contributed by atoms with Gasteiger partial charge in [-0.15, -0.1) is 0 Å². The van der Waals surface area contributed by atoms with Gasteiger partial charge in [-0.3, -0.25) is 9.78 Å². The van der Waals surface area contributed by atoms with Gasteiger partial charge in [-0.2, -0.15) is 0 Å². The number of hydrogen-bond acceptors (Lipinski definition) is 3. The fourth-order valence-electron chi connectivity index (χ4n) is 1.89. The van der Waals surface area contributed by atoms with Crippen LogP contribution in [0, 0.1) is 0 Å². The van der Waals surface area contributed by atoms with Gasteiger partial charge in [0.2, 0.25) is 0 Å². The van der Waals surface area contributed by atoms with E-state index in [1.807, 2.05) is 6.07 Å². The molecule has 0 fully saturated rings. The number of amides is 1.